The Hall–Kier alpha value is -1.66. The number of ether oxygens (including phenoxy) is 3. The second-order valence-corrected chi connectivity index (χ2v) is 2.99. The highest BCUT2D eigenvalue weighted by molar-refractivity contribution is 5.87. The van der Waals surface area contributed by atoms with Crippen LogP contribution in [0.3, 0.4) is 0 Å². The van der Waals surface area contributed by atoms with E-state index in [-0.39, 0.29) is 5.97 Å². The highest BCUT2D eigenvalue weighted by Gasteiger charge is 2.05. The summed E-state index contributed by atoms with van der Waals surface area (Å²) < 4.78 is 14.4. The maximum atomic E-state index is 10.8. The molecule has 1 N–H and O–H groups in total. The van der Waals surface area contributed by atoms with E-state index < -0.39 is 5.97 Å². The van der Waals surface area contributed by atoms with Gasteiger partial charge in [-0.3, -0.25) is 0 Å². The van der Waals surface area contributed by atoms with Crippen LogP contribution in [0.5, 0.6) is 0 Å². The van der Waals surface area contributed by atoms with E-state index in [1.54, 1.807) is 7.11 Å². The third kappa shape index (κ3) is 14.3. The SMILES string of the molecule is C=C(CCOCCOC)C(=O)OC.C=CC(=O)O. The molecule has 0 aliphatic rings. The predicted octanol–water partition coefficient (Wildman–Crippen LogP) is 1.03. The molecule has 0 saturated heterocycles. The number of rotatable bonds is 8. The first-order valence-electron chi connectivity index (χ1n) is 5.17. The van der Waals surface area contributed by atoms with Crippen molar-refractivity contribution in [3.63, 3.8) is 0 Å². The van der Waals surface area contributed by atoms with Crippen LogP contribution >= 0.6 is 0 Å². The number of esters is 1. The normalized spacial score (nSPS) is 8.78. The molecule has 104 valence electrons. The van der Waals surface area contributed by atoms with Crippen molar-refractivity contribution in [3.05, 3.63) is 24.8 Å². The molecule has 0 amide bonds. The summed E-state index contributed by atoms with van der Waals surface area (Å²) >= 11 is 0. The zero-order chi connectivity index (χ0) is 14.4. The van der Waals surface area contributed by atoms with E-state index in [1.165, 1.54) is 7.11 Å². The Morgan fingerprint density at radius 2 is 1.78 bits per heavy atom. The first-order valence-corrected chi connectivity index (χ1v) is 5.17. The van der Waals surface area contributed by atoms with E-state index in [1.807, 2.05) is 0 Å². The van der Waals surface area contributed by atoms with E-state index >= 15 is 0 Å². The first kappa shape index (κ1) is 18.7. The Bertz CT molecular complexity index is 272. The number of hydrogen-bond acceptors (Lipinski definition) is 5. The lowest BCUT2D eigenvalue weighted by atomic mass is 10.2. The average molecular weight is 260 g/mol. The van der Waals surface area contributed by atoms with Gasteiger partial charge in [-0.2, -0.15) is 0 Å². The molecule has 6 heteroatoms. The monoisotopic (exact) mass is 260 g/mol. The van der Waals surface area contributed by atoms with E-state index in [9.17, 15) is 9.59 Å². The molecule has 0 heterocycles. The molecule has 0 aliphatic carbocycles. The van der Waals surface area contributed by atoms with Gasteiger partial charge in [-0.05, 0) is 0 Å². The summed E-state index contributed by atoms with van der Waals surface area (Å²) in [4.78, 5) is 20.1. The molecule has 0 unspecified atom stereocenters. The molecule has 0 bridgehead atoms. The van der Waals surface area contributed by atoms with Crippen LogP contribution in [0, 0.1) is 0 Å². The molecule has 0 aliphatic heterocycles. The molecule has 0 fully saturated rings. The van der Waals surface area contributed by atoms with Crippen LogP contribution in [-0.2, 0) is 23.8 Å². The van der Waals surface area contributed by atoms with E-state index in [2.05, 4.69) is 17.9 Å². The standard InChI is InChI=1S/C9H16O4.C3H4O2/c1-8(9(10)12-3)4-5-13-7-6-11-2;1-2-3(4)5/h1,4-7H2,2-3H3;2H,1H2,(H,4,5). The van der Waals surface area contributed by atoms with Gasteiger partial charge in [0.05, 0.1) is 26.9 Å². The predicted molar refractivity (Wildman–Crippen MR) is 66.3 cm³/mol. The zero-order valence-corrected chi connectivity index (χ0v) is 10.8. The molecular formula is C12H20O6. The lowest BCUT2D eigenvalue weighted by Crippen LogP contribution is -2.08. The number of aliphatic carboxylic acids is 1. The van der Waals surface area contributed by atoms with Crippen molar-refractivity contribution in [2.45, 2.75) is 6.42 Å². The van der Waals surface area contributed by atoms with Gasteiger partial charge in [0.2, 0.25) is 0 Å². The minimum atomic E-state index is -0.981. The van der Waals surface area contributed by atoms with Crippen molar-refractivity contribution in [2.75, 3.05) is 34.0 Å². The minimum Gasteiger partial charge on any atom is -0.478 e. The molecular weight excluding hydrogens is 240 g/mol. The molecule has 0 aromatic heterocycles. The first-order chi connectivity index (χ1) is 8.49. The molecule has 0 atom stereocenters. The number of carboxylic acids is 1. The lowest BCUT2D eigenvalue weighted by molar-refractivity contribution is -0.136. The van der Waals surface area contributed by atoms with Gasteiger partial charge in [0.15, 0.2) is 0 Å². The minimum absolute atomic E-state index is 0.379. The second-order valence-electron chi connectivity index (χ2n) is 2.99. The van der Waals surface area contributed by atoms with Crippen LogP contribution in [-0.4, -0.2) is 51.1 Å². The highest BCUT2D eigenvalue weighted by Crippen LogP contribution is 2.00. The van der Waals surface area contributed by atoms with Gasteiger partial charge < -0.3 is 19.3 Å². The Balaban J connectivity index is 0. The lowest BCUT2D eigenvalue weighted by Gasteiger charge is -2.04. The summed E-state index contributed by atoms with van der Waals surface area (Å²) in [5, 5.41) is 7.60. The van der Waals surface area contributed by atoms with E-state index in [0.29, 0.717) is 31.8 Å². The molecule has 0 aromatic rings. The quantitative estimate of drug-likeness (QED) is 0.398. The van der Waals surface area contributed by atoms with Gasteiger partial charge in [0.1, 0.15) is 0 Å². The Morgan fingerprint density at radius 3 is 2.17 bits per heavy atom. The van der Waals surface area contributed by atoms with Crippen LogP contribution in [0.25, 0.3) is 0 Å². The zero-order valence-electron chi connectivity index (χ0n) is 10.8. The fourth-order valence-corrected chi connectivity index (χ4v) is 0.686. The van der Waals surface area contributed by atoms with Gasteiger partial charge in [-0.15, -0.1) is 0 Å². The molecule has 0 rings (SSSR count). The van der Waals surface area contributed by atoms with Crippen LogP contribution in [0.2, 0.25) is 0 Å². The third-order valence-corrected chi connectivity index (χ3v) is 1.63. The molecule has 0 aromatic carbocycles. The number of carboxylic acid groups (broad SMARTS) is 1. The summed E-state index contributed by atoms with van der Waals surface area (Å²) in [5.41, 5.74) is 0.430. The Kier molecular flexibility index (Phi) is 13.9. The summed E-state index contributed by atoms with van der Waals surface area (Å²) in [5.74, 6) is -1.36. The topological polar surface area (TPSA) is 82.1 Å². The average Bonchev–Trinajstić information content (AvgIpc) is 2.37. The van der Waals surface area contributed by atoms with Crippen LogP contribution in [0.4, 0.5) is 0 Å². The molecule has 0 spiro atoms. The van der Waals surface area contributed by atoms with E-state index in [4.69, 9.17) is 14.6 Å². The highest BCUT2D eigenvalue weighted by atomic mass is 16.5. The van der Waals surface area contributed by atoms with Gasteiger partial charge >= 0.3 is 11.9 Å². The smallest absolute Gasteiger partial charge is 0.333 e. The van der Waals surface area contributed by atoms with Crippen molar-refractivity contribution in [2.24, 2.45) is 0 Å². The fourth-order valence-electron chi connectivity index (χ4n) is 0.686. The number of carbonyl (C=O) groups excluding carboxylic acids is 1. The number of hydrogen-bond donors (Lipinski definition) is 1. The maximum Gasteiger partial charge on any atom is 0.333 e. The molecule has 0 radical (unpaired) electrons. The number of methoxy groups -OCH3 is 2. The van der Waals surface area contributed by atoms with Crippen molar-refractivity contribution in [1.29, 1.82) is 0 Å². The van der Waals surface area contributed by atoms with Crippen molar-refractivity contribution in [3.8, 4) is 0 Å². The largest absolute Gasteiger partial charge is 0.478 e. The van der Waals surface area contributed by atoms with E-state index in [0.717, 1.165) is 6.08 Å². The number of carbonyl (C=O) groups is 2. The van der Waals surface area contributed by atoms with Crippen LogP contribution in [0.1, 0.15) is 6.42 Å². The van der Waals surface area contributed by atoms with Crippen molar-refractivity contribution in [1.82, 2.24) is 0 Å². The summed E-state index contributed by atoms with van der Waals surface area (Å²) in [6.07, 6.45) is 1.33. The molecule has 0 saturated carbocycles. The summed E-state index contributed by atoms with van der Waals surface area (Å²) in [6, 6.07) is 0. The second kappa shape index (κ2) is 13.4. The van der Waals surface area contributed by atoms with Gasteiger partial charge in [0.25, 0.3) is 0 Å². The van der Waals surface area contributed by atoms with Crippen molar-refractivity contribution < 1.29 is 28.9 Å². The Labute approximate surface area is 107 Å². The van der Waals surface area contributed by atoms with Gasteiger partial charge in [-0.1, -0.05) is 13.2 Å². The summed E-state index contributed by atoms with van der Waals surface area (Å²) in [6.45, 7) is 8.08. The summed E-state index contributed by atoms with van der Waals surface area (Å²) in [7, 11) is 2.94. The Morgan fingerprint density at radius 1 is 1.22 bits per heavy atom. The maximum absolute atomic E-state index is 10.8. The van der Waals surface area contributed by atoms with Crippen molar-refractivity contribution >= 4 is 11.9 Å². The van der Waals surface area contributed by atoms with Gasteiger partial charge in [-0.25, -0.2) is 9.59 Å². The van der Waals surface area contributed by atoms with Gasteiger partial charge in [0, 0.05) is 25.2 Å². The third-order valence-electron chi connectivity index (χ3n) is 1.63. The fraction of sp³-hybridized carbons (Fsp3) is 0.500. The van der Waals surface area contributed by atoms with Crippen LogP contribution in [0.15, 0.2) is 24.8 Å². The molecule has 6 nitrogen and oxygen atoms in total. The van der Waals surface area contributed by atoms with Crippen LogP contribution < -0.4 is 0 Å². The molecule has 18 heavy (non-hydrogen) atoms.